The van der Waals surface area contributed by atoms with Crippen LogP contribution in [0, 0.1) is 13.8 Å². The van der Waals surface area contributed by atoms with Gasteiger partial charge in [0.15, 0.2) is 0 Å². The third-order valence-corrected chi connectivity index (χ3v) is 6.17. The Morgan fingerprint density at radius 1 is 0.946 bits per heavy atom. The van der Waals surface area contributed by atoms with Gasteiger partial charge in [0.1, 0.15) is 28.6 Å². The van der Waals surface area contributed by atoms with E-state index in [1.165, 1.54) is 10.9 Å². The smallest absolute Gasteiger partial charge is 0.284 e. The van der Waals surface area contributed by atoms with Crippen LogP contribution >= 0.6 is 0 Å². The van der Waals surface area contributed by atoms with Crippen molar-refractivity contribution in [3.8, 4) is 22.9 Å². The molecule has 3 heterocycles. The summed E-state index contributed by atoms with van der Waals surface area (Å²) in [6.45, 7) is 3.71. The van der Waals surface area contributed by atoms with Crippen LogP contribution in [0.2, 0.25) is 0 Å². The Kier molecular flexibility index (Phi) is 6.19. The topological polar surface area (TPSA) is 100 Å². The molecule has 9 heteroatoms. The molecule has 37 heavy (non-hydrogen) atoms. The second kappa shape index (κ2) is 9.62. The first-order chi connectivity index (χ1) is 17.9. The number of ether oxygens (including phenoxy) is 2. The Morgan fingerprint density at radius 2 is 1.70 bits per heavy atom. The highest BCUT2D eigenvalue weighted by Gasteiger charge is 2.22. The largest absolute Gasteiger partial charge is 0.497 e. The summed E-state index contributed by atoms with van der Waals surface area (Å²) in [4.78, 5) is 34.9. The van der Waals surface area contributed by atoms with Crippen molar-refractivity contribution in [3.05, 3.63) is 100 Å². The number of hydrogen-bond acceptors (Lipinski definition) is 6. The van der Waals surface area contributed by atoms with Crippen LogP contribution in [0.15, 0.2) is 77.9 Å². The van der Waals surface area contributed by atoms with E-state index in [0.717, 1.165) is 16.5 Å². The predicted molar refractivity (Wildman–Crippen MR) is 141 cm³/mol. The number of carbonyl (C=O) groups excluding carboxylic acids is 1. The fourth-order valence-electron chi connectivity index (χ4n) is 4.08. The molecule has 186 valence electrons. The van der Waals surface area contributed by atoms with E-state index < -0.39 is 11.5 Å². The van der Waals surface area contributed by atoms with Crippen molar-refractivity contribution in [1.29, 1.82) is 0 Å². The molecule has 3 aromatic heterocycles. The van der Waals surface area contributed by atoms with Crippen LogP contribution in [0.25, 0.3) is 16.6 Å². The predicted octanol–water partition coefficient (Wildman–Crippen LogP) is 4.79. The standard InChI is InChI=1S/C28H25N5O4/c1-17-5-7-19(8-6-17)33-28(35)26(18(2)32(33)3)27(34)31-25-12-10-21(16-30-25)37-24-13-14-29-23-15-20(36-4)9-11-22(23)24/h5-16H,1-4H3,(H,30,31,34). The molecule has 0 fully saturated rings. The average molecular weight is 496 g/mol. The maximum Gasteiger partial charge on any atom is 0.284 e. The molecule has 0 unspecified atom stereocenters. The van der Waals surface area contributed by atoms with Crippen LogP contribution in [0.1, 0.15) is 21.6 Å². The van der Waals surface area contributed by atoms with Gasteiger partial charge in [-0.05, 0) is 56.3 Å². The molecule has 0 aliphatic heterocycles. The fourth-order valence-corrected chi connectivity index (χ4v) is 4.08. The number of rotatable bonds is 6. The van der Waals surface area contributed by atoms with Crippen molar-refractivity contribution < 1.29 is 14.3 Å². The molecule has 0 aliphatic carbocycles. The number of fused-ring (bicyclic) bond motifs is 1. The summed E-state index contributed by atoms with van der Waals surface area (Å²) in [6, 6.07) is 18.2. The lowest BCUT2D eigenvalue weighted by atomic mass is 10.2. The Morgan fingerprint density at radius 3 is 2.41 bits per heavy atom. The number of hydrogen-bond donors (Lipinski definition) is 1. The highest BCUT2D eigenvalue weighted by atomic mass is 16.5. The van der Waals surface area contributed by atoms with E-state index >= 15 is 0 Å². The lowest BCUT2D eigenvalue weighted by Crippen LogP contribution is -2.25. The number of nitrogens with one attached hydrogen (secondary N) is 1. The monoisotopic (exact) mass is 495 g/mol. The molecule has 5 rings (SSSR count). The van der Waals surface area contributed by atoms with Gasteiger partial charge in [0.2, 0.25) is 0 Å². The summed E-state index contributed by atoms with van der Waals surface area (Å²) in [5, 5.41) is 3.54. The quantitative estimate of drug-likeness (QED) is 0.364. The molecule has 0 atom stereocenters. The maximum atomic E-state index is 13.2. The summed E-state index contributed by atoms with van der Waals surface area (Å²) in [5.74, 6) is 1.57. The van der Waals surface area contributed by atoms with E-state index in [1.54, 1.807) is 50.2 Å². The Hall–Kier alpha value is -4.92. The van der Waals surface area contributed by atoms with E-state index in [9.17, 15) is 9.59 Å². The van der Waals surface area contributed by atoms with Gasteiger partial charge in [-0.25, -0.2) is 9.67 Å². The van der Waals surface area contributed by atoms with Crippen LogP contribution in [-0.2, 0) is 7.05 Å². The Balaban J connectivity index is 1.35. The van der Waals surface area contributed by atoms with Crippen molar-refractivity contribution in [1.82, 2.24) is 19.3 Å². The lowest BCUT2D eigenvalue weighted by Gasteiger charge is -2.10. The average Bonchev–Trinajstić information content (AvgIpc) is 3.13. The third-order valence-electron chi connectivity index (χ3n) is 6.17. The SMILES string of the molecule is COc1ccc2c(Oc3ccc(NC(=O)c4c(C)n(C)n(-c5ccc(C)cc5)c4=O)nc3)ccnc2c1. The second-order valence-electron chi connectivity index (χ2n) is 8.56. The number of amides is 1. The van der Waals surface area contributed by atoms with Crippen molar-refractivity contribution in [3.63, 3.8) is 0 Å². The maximum absolute atomic E-state index is 13.2. The number of nitrogens with zero attached hydrogens (tertiary/aromatic N) is 4. The number of carbonyl (C=O) groups is 1. The molecule has 1 amide bonds. The normalized spacial score (nSPS) is 10.9. The first-order valence-electron chi connectivity index (χ1n) is 11.6. The first kappa shape index (κ1) is 23.8. The molecule has 0 aliphatic rings. The fraction of sp³-hybridized carbons (Fsp3) is 0.143. The van der Waals surface area contributed by atoms with Gasteiger partial charge in [-0.15, -0.1) is 0 Å². The van der Waals surface area contributed by atoms with Gasteiger partial charge in [-0.2, -0.15) is 0 Å². The van der Waals surface area contributed by atoms with Gasteiger partial charge in [0.25, 0.3) is 11.5 Å². The molecule has 0 radical (unpaired) electrons. The number of anilines is 1. The summed E-state index contributed by atoms with van der Waals surface area (Å²) in [6.07, 6.45) is 3.17. The van der Waals surface area contributed by atoms with E-state index in [2.05, 4.69) is 15.3 Å². The molecule has 1 N–H and O–H groups in total. The van der Waals surface area contributed by atoms with Gasteiger partial charge in [-0.1, -0.05) is 17.7 Å². The van der Waals surface area contributed by atoms with E-state index in [-0.39, 0.29) is 5.56 Å². The zero-order valence-electron chi connectivity index (χ0n) is 20.9. The van der Waals surface area contributed by atoms with E-state index in [4.69, 9.17) is 9.47 Å². The van der Waals surface area contributed by atoms with E-state index in [1.807, 2.05) is 49.4 Å². The van der Waals surface area contributed by atoms with Crippen LogP contribution < -0.4 is 20.3 Å². The first-order valence-corrected chi connectivity index (χ1v) is 11.6. The van der Waals surface area contributed by atoms with Crippen molar-refractivity contribution in [2.75, 3.05) is 12.4 Å². The summed E-state index contributed by atoms with van der Waals surface area (Å²) >= 11 is 0. The Bertz CT molecular complexity index is 1670. The van der Waals surface area contributed by atoms with Gasteiger partial charge in [-0.3, -0.25) is 19.3 Å². The molecule has 9 nitrogen and oxygen atoms in total. The highest BCUT2D eigenvalue weighted by molar-refractivity contribution is 6.04. The number of aryl methyl sites for hydroxylation is 1. The minimum Gasteiger partial charge on any atom is -0.497 e. The minimum atomic E-state index is -0.529. The highest BCUT2D eigenvalue weighted by Crippen LogP contribution is 2.30. The minimum absolute atomic E-state index is 0.0592. The number of methoxy groups -OCH3 is 1. The summed E-state index contributed by atoms with van der Waals surface area (Å²) in [5.41, 5.74) is 2.71. The van der Waals surface area contributed by atoms with Crippen molar-refractivity contribution in [2.45, 2.75) is 13.8 Å². The molecular weight excluding hydrogens is 470 g/mol. The molecule has 2 aromatic carbocycles. The van der Waals surface area contributed by atoms with Gasteiger partial charge in [0, 0.05) is 24.7 Å². The van der Waals surface area contributed by atoms with Gasteiger partial charge in [0.05, 0.1) is 30.2 Å². The van der Waals surface area contributed by atoms with Crippen LogP contribution in [0.5, 0.6) is 17.2 Å². The molecule has 0 saturated heterocycles. The molecule has 0 bridgehead atoms. The van der Waals surface area contributed by atoms with Crippen LogP contribution in [0.4, 0.5) is 5.82 Å². The number of pyridine rings is 2. The number of aromatic nitrogens is 4. The molecule has 0 spiro atoms. The molecule has 5 aromatic rings. The number of benzene rings is 2. The van der Waals surface area contributed by atoms with Crippen molar-refractivity contribution in [2.24, 2.45) is 7.05 Å². The van der Waals surface area contributed by atoms with Crippen LogP contribution in [0.3, 0.4) is 0 Å². The molecular formula is C28H25N5O4. The summed E-state index contributed by atoms with van der Waals surface area (Å²) < 4.78 is 14.4. The van der Waals surface area contributed by atoms with Gasteiger partial charge < -0.3 is 14.8 Å². The lowest BCUT2D eigenvalue weighted by molar-refractivity contribution is 0.102. The zero-order valence-corrected chi connectivity index (χ0v) is 20.9. The second-order valence-corrected chi connectivity index (χ2v) is 8.56. The molecule has 0 saturated carbocycles. The van der Waals surface area contributed by atoms with E-state index in [0.29, 0.717) is 34.4 Å². The third kappa shape index (κ3) is 4.54. The summed E-state index contributed by atoms with van der Waals surface area (Å²) in [7, 11) is 3.35. The zero-order chi connectivity index (χ0) is 26.1. The Labute approximate surface area is 212 Å². The van der Waals surface area contributed by atoms with Gasteiger partial charge >= 0.3 is 0 Å². The van der Waals surface area contributed by atoms with Crippen molar-refractivity contribution >= 4 is 22.6 Å². The van der Waals surface area contributed by atoms with Crippen LogP contribution in [-0.4, -0.2) is 32.3 Å².